The lowest BCUT2D eigenvalue weighted by molar-refractivity contribution is 0.625. The largest absolute Gasteiger partial charge is 0.345 e. The van der Waals surface area contributed by atoms with Crippen molar-refractivity contribution in [1.29, 1.82) is 0 Å². The number of rotatable bonds is 3. The van der Waals surface area contributed by atoms with Gasteiger partial charge in [-0.1, -0.05) is 12.1 Å². The lowest BCUT2D eigenvalue weighted by atomic mass is 10.1. The SMILES string of the molecule is Cc1cccc(N(C)c2cc(F)cc(CN)c2)c1. The van der Waals surface area contributed by atoms with Crippen LogP contribution in [0.3, 0.4) is 0 Å². The number of hydrogen-bond acceptors (Lipinski definition) is 2. The van der Waals surface area contributed by atoms with Gasteiger partial charge in [-0.2, -0.15) is 0 Å². The third-order valence-electron chi connectivity index (χ3n) is 2.95. The predicted octanol–water partition coefficient (Wildman–Crippen LogP) is 3.36. The van der Waals surface area contributed by atoms with Gasteiger partial charge in [-0.25, -0.2) is 4.39 Å². The molecule has 0 amide bonds. The smallest absolute Gasteiger partial charge is 0.125 e. The molecule has 2 rings (SSSR count). The van der Waals surface area contributed by atoms with Crippen molar-refractivity contribution >= 4 is 11.4 Å². The van der Waals surface area contributed by atoms with Gasteiger partial charge < -0.3 is 10.6 Å². The van der Waals surface area contributed by atoms with E-state index in [1.54, 1.807) is 0 Å². The van der Waals surface area contributed by atoms with Gasteiger partial charge in [-0.15, -0.1) is 0 Å². The first-order chi connectivity index (χ1) is 8.60. The van der Waals surface area contributed by atoms with E-state index in [2.05, 4.69) is 6.07 Å². The molecule has 2 aromatic carbocycles. The van der Waals surface area contributed by atoms with Gasteiger partial charge in [-0.05, 0) is 48.4 Å². The Morgan fingerprint density at radius 3 is 2.56 bits per heavy atom. The molecule has 0 saturated heterocycles. The average molecular weight is 244 g/mol. The van der Waals surface area contributed by atoms with Crippen molar-refractivity contribution < 1.29 is 4.39 Å². The van der Waals surface area contributed by atoms with E-state index < -0.39 is 0 Å². The summed E-state index contributed by atoms with van der Waals surface area (Å²) < 4.78 is 13.5. The van der Waals surface area contributed by atoms with Gasteiger partial charge in [-0.3, -0.25) is 0 Å². The molecule has 0 aliphatic heterocycles. The fourth-order valence-corrected chi connectivity index (χ4v) is 1.93. The Labute approximate surface area is 107 Å². The minimum atomic E-state index is -0.257. The maximum absolute atomic E-state index is 13.5. The van der Waals surface area contributed by atoms with Gasteiger partial charge in [0.15, 0.2) is 0 Å². The molecule has 0 aromatic heterocycles. The van der Waals surface area contributed by atoms with Crippen LogP contribution in [-0.4, -0.2) is 7.05 Å². The molecule has 18 heavy (non-hydrogen) atoms. The van der Waals surface area contributed by atoms with Gasteiger partial charge in [0.2, 0.25) is 0 Å². The maximum atomic E-state index is 13.5. The monoisotopic (exact) mass is 244 g/mol. The molecule has 2 N–H and O–H groups in total. The van der Waals surface area contributed by atoms with Gasteiger partial charge in [0.1, 0.15) is 5.82 Å². The summed E-state index contributed by atoms with van der Waals surface area (Å²) in [6.07, 6.45) is 0. The Balaban J connectivity index is 2.39. The standard InChI is InChI=1S/C15H17FN2/c1-11-4-3-5-14(6-11)18(2)15-8-12(10-17)7-13(16)9-15/h3-9H,10,17H2,1-2H3. The molecule has 0 saturated carbocycles. The second-order valence-corrected chi connectivity index (χ2v) is 4.42. The lowest BCUT2D eigenvalue weighted by Crippen LogP contribution is -2.11. The van der Waals surface area contributed by atoms with Crippen molar-refractivity contribution in [3.8, 4) is 0 Å². The number of nitrogens with two attached hydrogens (primary N) is 1. The molecule has 3 heteroatoms. The zero-order valence-electron chi connectivity index (χ0n) is 10.7. The van der Waals surface area contributed by atoms with E-state index >= 15 is 0 Å². The minimum Gasteiger partial charge on any atom is -0.345 e. The third kappa shape index (κ3) is 2.68. The van der Waals surface area contributed by atoms with Crippen LogP contribution in [-0.2, 0) is 6.54 Å². The van der Waals surface area contributed by atoms with Crippen molar-refractivity contribution in [1.82, 2.24) is 0 Å². The molecule has 0 unspecified atom stereocenters. The highest BCUT2D eigenvalue weighted by Gasteiger charge is 2.07. The van der Waals surface area contributed by atoms with Crippen LogP contribution in [0.15, 0.2) is 42.5 Å². The first kappa shape index (κ1) is 12.6. The van der Waals surface area contributed by atoms with E-state index in [9.17, 15) is 4.39 Å². The van der Waals surface area contributed by atoms with Crippen LogP contribution in [0, 0.1) is 12.7 Å². The zero-order chi connectivity index (χ0) is 13.1. The molecule has 0 aliphatic carbocycles. The molecule has 0 radical (unpaired) electrons. The number of benzene rings is 2. The van der Waals surface area contributed by atoms with Crippen LogP contribution in [0.5, 0.6) is 0 Å². The quantitative estimate of drug-likeness (QED) is 0.897. The van der Waals surface area contributed by atoms with E-state index in [1.165, 1.54) is 17.7 Å². The number of halogens is 1. The molecule has 0 spiro atoms. The summed E-state index contributed by atoms with van der Waals surface area (Å²) in [6, 6.07) is 13.0. The lowest BCUT2D eigenvalue weighted by Gasteiger charge is -2.20. The van der Waals surface area contributed by atoms with E-state index in [0.717, 1.165) is 16.9 Å². The maximum Gasteiger partial charge on any atom is 0.125 e. The van der Waals surface area contributed by atoms with Crippen molar-refractivity contribution in [2.75, 3.05) is 11.9 Å². The number of nitrogens with zero attached hydrogens (tertiary/aromatic N) is 1. The second kappa shape index (κ2) is 5.19. The van der Waals surface area contributed by atoms with Crippen molar-refractivity contribution in [2.24, 2.45) is 5.73 Å². The van der Waals surface area contributed by atoms with Crippen LogP contribution < -0.4 is 10.6 Å². The molecule has 2 aromatic rings. The summed E-state index contributed by atoms with van der Waals surface area (Å²) in [4.78, 5) is 1.95. The first-order valence-electron chi connectivity index (χ1n) is 5.90. The van der Waals surface area contributed by atoms with Crippen molar-refractivity contribution in [3.05, 3.63) is 59.4 Å². The summed E-state index contributed by atoms with van der Waals surface area (Å²) in [5.74, 6) is -0.257. The summed E-state index contributed by atoms with van der Waals surface area (Å²) >= 11 is 0. The van der Waals surface area contributed by atoms with E-state index in [1.807, 2.05) is 43.1 Å². The zero-order valence-corrected chi connectivity index (χ0v) is 10.7. The number of hydrogen-bond donors (Lipinski definition) is 1. The molecule has 0 fully saturated rings. The Morgan fingerprint density at radius 1 is 1.11 bits per heavy atom. The van der Waals surface area contributed by atoms with E-state index in [-0.39, 0.29) is 5.82 Å². The fourth-order valence-electron chi connectivity index (χ4n) is 1.93. The highest BCUT2D eigenvalue weighted by Crippen LogP contribution is 2.25. The van der Waals surface area contributed by atoms with Gasteiger partial charge in [0, 0.05) is 25.0 Å². The predicted molar refractivity (Wildman–Crippen MR) is 73.5 cm³/mol. The molecule has 2 nitrogen and oxygen atoms in total. The van der Waals surface area contributed by atoms with E-state index in [4.69, 9.17) is 5.73 Å². The molecule has 0 heterocycles. The first-order valence-corrected chi connectivity index (χ1v) is 5.90. The van der Waals surface area contributed by atoms with Crippen LogP contribution in [0.2, 0.25) is 0 Å². The highest BCUT2D eigenvalue weighted by atomic mass is 19.1. The number of aryl methyl sites for hydroxylation is 1. The molecule has 94 valence electrons. The van der Waals surface area contributed by atoms with E-state index in [0.29, 0.717) is 6.54 Å². The van der Waals surface area contributed by atoms with Crippen LogP contribution in [0.1, 0.15) is 11.1 Å². The summed E-state index contributed by atoms with van der Waals surface area (Å²) in [5.41, 5.74) is 9.37. The average Bonchev–Trinajstić information content (AvgIpc) is 2.37. The molecule has 0 atom stereocenters. The minimum absolute atomic E-state index is 0.257. The van der Waals surface area contributed by atoms with Crippen LogP contribution in [0.4, 0.5) is 15.8 Å². The van der Waals surface area contributed by atoms with Crippen molar-refractivity contribution in [2.45, 2.75) is 13.5 Å². The molecular formula is C15H17FN2. The summed E-state index contributed by atoms with van der Waals surface area (Å²) in [5, 5.41) is 0. The summed E-state index contributed by atoms with van der Waals surface area (Å²) in [6.45, 7) is 2.38. The van der Waals surface area contributed by atoms with Crippen molar-refractivity contribution in [3.63, 3.8) is 0 Å². The molecule has 0 aliphatic rings. The highest BCUT2D eigenvalue weighted by molar-refractivity contribution is 5.63. The Morgan fingerprint density at radius 2 is 1.89 bits per heavy atom. The Bertz CT molecular complexity index is 552. The van der Waals surface area contributed by atoms with Crippen LogP contribution in [0.25, 0.3) is 0 Å². The number of anilines is 2. The van der Waals surface area contributed by atoms with Gasteiger partial charge in [0.25, 0.3) is 0 Å². The topological polar surface area (TPSA) is 29.3 Å². The summed E-state index contributed by atoms with van der Waals surface area (Å²) in [7, 11) is 1.92. The Hall–Kier alpha value is -1.87. The molecular weight excluding hydrogens is 227 g/mol. The Kier molecular flexibility index (Phi) is 3.63. The van der Waals surface area contributed by atoms with Gasteiger partial charge in [0.05, 0.1) is 0 Å². The third-order valence-corrected chi connectivity index (χ3v) is 2.95. The van der Waals surface area contributed by atoms with Crippen LogP contribution >= 0.6 is 0 Å². The normalized spacial score (nSPS) is 10.4. The second-order valence-electron chi connectivity index (χ2n) is 4.42. The van der Waals surface area contributed by atoms with Gasteiger partial charge >= 0.3 is 0 Å². The molecule has 0 bridgehead atoms. The fraction of sp³-hybridized carbons (Fsp3) is 0.200.